The first-order valence-corrected chi connectivity index (χ1v) is 10.6. The van der Waals surface area contributed by atoms with Gasteiger partial charge in [-0.2, -0.15) is 0 Å². The third-order valence-electron chi connectivity index (χ3n) is 5.93. The van der Waals surface area contributed by atoms with Crippen molar-refractivity contribution < 1.29 is 19.4 Å². The number of cyclic esters (lactones) is 1. The van der Waals surface area contributed by atoms with Gasteiger partial charge in [-0.1, -0.05) is 22.9 Å². The normalized spacial score (nSPS) is 18.9. The predicted octanol–water partition coefficient (Wildman–Crippen LogP) is 2.80. The van der Waals surface area contributed by atoms with Gasteiger partial charge in [-0.05, 0) is 30.7 Å². The SMILES string of the molecule is CC[C@@]1(O)C(=O)OCc2c1cc1n(c2=O)Cc2cc3c(Br)ccc(NC(C)=O)c3nc2-1. The number of nitrogens with zero attached hydrogens (tertiary/aromatic N) is 2. The van der Waals surface area contributed by atoms with E-state index in [1.165, 1.54) is 6.92 Å². The summed E-state index contributed by atoms with van der Waals surface area (Å²) in [6.07, 6.45) is 0.0827. The second-order valence-corrected chi connectivity index (χ2v) is 8.63. The molecule has 31 heavy (non-hydrogen) atoms. The van der Waals surface area contributed by atoms with Crippen LogP contribution in [0.2, 0.25) is 0 Å². The summed E-state index contributed by atoms with van der Waals surface area (Å²) in [6, 6.07) is 7.19. The lowest BCUT2D eigenvalue weighted by atomic mass is 9.86. The predicted molar refractivity (Wildman–Crippen MR) is 117 cm³/mol. The van der Waals surface area contributed by atoms with E-state index in [1.807, 2.05) is 12.1 Å². The quantitative estimate of drug-likeness (QED) is 0.424. The third kappa shape index (κ3) is 2.76. The molecule has 1 amide bonds. The Morgan fingerprint density at radius 2 is 2.13 bits per heavy atom. The van der Waals surface area contributed by atoms with E-state index in [2.05, 4.69) is 21.2 Å². The summed E-state index contributed by atoms with van der Waals surface area (Å²) in [5.74, 6) is -0.975. The maximum Gasteiger partial charge on any atom is 0.343 e. The smallest absolute Gasteiger partial charge is 0.343 e. The summed E-state index contributed by atoms with van der Waals surface area (Å²) in [7, 11) is 0. The number of esters is 1. The summed E-state index contributed by atoms with van der Waals surface area (Å²) in [6.45, 7) is 3.24. The van der Waals surface area contributed by atoms with E-state index in [0.717, 1.165) is 15.4 Å². The molecule has 2 N–H and O–H groups in total. The maximum absolute atomic E-state index is 13.2. The lowest BCUT2D eigenvalue weighted by Gasteiger charge is -2.31. The molecule has 2 aliphatic rings. The number of aromatic nitrogens is 2. The van der Waals surface area contributed by atoms with Crippen molar-refractivity contribution in [3.63, 3.8) is 0 Å². The molecule has 8 nitrogen and oxygen atoms in total. The lowest BCUT2D eigenvalue weighted by Crippen LogP contribution is -2.44. The Bertz CT molecular complexity index is 1380. The van der Waals surface area contributed by atoms with Crippen LogP contribution >= 0.6 is 15.9 Å². The summed E-state index contributed by atoms with van der Waals surface area (Å²) >= 11 is 3.53. The van der Waals surface area contributed by atoms with Gasteiger partial charge in [0.1, 0.15) is 6.61 Å². The average Bonchev–Trinajstić information content (AvgIpc) is 3.10. The number of nitrogens with one attached hydrogen (secondary N) is 1. The third-order valence-corrected chi connectivity index (χ3v) is 6.63. The summed E-state index contributed by atoms with van der Waals surface area (Å²) < 4.78 is 7.49. The van der Waals surface area contributed by atoms with E-state index >= 15 is 0 Å². The second-order valence-electron chi connectivity index (χ2n) is 7.77. The molecule has 3 aromatic rings. The molecule has 2 aliphatic heterocycles. The molecular weight excluding hydrogens is 466 g/mol. The fraction of sp³-hybridized carbons (Fsp3) is 0.273. The minimum atomic E-state index is -1.87. The molecule has 0 aliphatic carbocycles. The highest BCUT2D eigenvalue weighted by molar-refractivity contribution is 9.10. The highest BCUT2D eigenvalue weighted by atomic mass is 79.9. The van der Waals surface area contributed by atoms with Crippen LogP contribution in [0.4, 0.5) is 5.69 Å². The van der Waals surface area contributed by atoms with Gasteiger partial charge < -0.3 is 19.7 Å². The number of pyridine rings is 2. The number of fused-ring (bicyclic) bond motifs is 5. The zero-order valence-corrected chi connectivity index (χ0v) is 18.4. The first-order valence-electron chi connectivity index (χ1n) is 9.81. The molecule has 0 unspecified atom stereocenters. The first-order chi connectivity index (χ1) is 14.7. The topological polar surface area (TPSA) is 111 Å². The molecule has 0 bridgehead atoms. The van der Waals surface area contributed by atoms with E-state index < -0.39 is 11.6 Å². The molecular formula is C22H18BrN3O5. The number of carbonyl (C=O) groups is 2. The Morgan fingerprint density at radius 3 is 2.84 bits per heavy atom. The minimum Gasteiger partial charge on any atom is -0.458 e. The number of rotatable bonds is 2. The van der Waals surface area contributed by atoms with E-state index in [9.17, 15) is 19.5 Å². The first kappa shape index (κ1) is 19.9. The molecule has 0 spiro atoms. The molecule has 1 atom stereocenters. The maximum atomic E-state index is 13.2. The van der Waals surface area contributed by atoms with Crippen molar-refractivity contribution in [2.45, 2.75) is 39.0 Å². The van der Waals surface area contributed by atoms with Gasteiger partial charge in [0.25, 0.3) is 5.56 Å². The van der Waals surface area contributed by atoms with Crippen molar-refractivity contribution in [1.82, 2.24) is 9.55 Å². The molecule has 158 valence electrons. The molecule has 0 saturated heterocycles. The Hall–Kier alpha value is -3.04. The fourth-order valence-electron chi connectivity index (χ4n) is 4.32. The fourth-order valence-corrected chi connectivity index (χ4v) is 4.76. The van der Waals surface area contributed by atoms with Crippen molar-refractivity contribution in [1.29, 1.82) is 0 Å². The van der Waals surface area contributed by atoms with Crippen LogP contribution in [0.15, 0.2) is 33.5 Å². The van der Waals surface area contributed by atoms with Gasteiger partial charge in [0.15, 0.2) is 5.60 Å². The number of hydrogen-bond acceptors (Lipinski definition) is 6. The van der Waals surface area contributed by atoms with Crippen LogP contribution in [-0.4, -0.2) is 26.5 Å². The van der Waals surface area contributed by atoms with Gasteiger partial charge in [-0.15, -0.1) is 0 Å². The monoisotopic (exact) mass is 483 g/mol. The molecule has 4 heterocycles. The highest BCUT2D eigenvalue weighted by Crippen LogP contribution is 2.40. The zero-order chi connectivity index (χ0) is 22.1. The molecule has 9 heteroatoms. The number of amides is 1. The van der Waals surface area contributed by atoms with Crippen LogP contribution in [0.25, 0.3) is 22.3 Å². The molecule has 2 aromatic heterocycles. The number of anilines is 1. The van der Waals surface area contributed by atoms with Gasteiger partial charge in [-0.3, -0.25) is 9.59 Å². The van der Waals surface area contributed by atoms with Crippen molar-refractivity contribution in [2.75, 3.05) is 5.32 Å². The van der Waals surface area contributed by atoms with Gasteiger partial charge in [0.2, 0.25) is 5.91 Å². The second kappa shape index (κ2) is 6.73. The van der Waals surface area contributed by atoms with Crippen molar-refractivity contribution in [3.05, 3.63) is 55.8 Å². The van der Waals surface area contributed by atoms with E-state index in [4.69, 9.17) is 9.72 Å². The Labute approximate surface area is 185 Å². The Balaban J connectivity index is 1.79. The van der Waals surface area contributed by atoms with Crippen molar-refractivity contribution >= 4 is 44.4 Å². The summed E-state index contributed by atoms with van der Waals surface area (Å²) in [4.78, 5) is 41.9. The van der Waals surface area contributed by atoms with Gasteiger partial charge in [0, 0.05) is 27.9 Å². The number of aliphatic hydroxyl groups is 1. The van der Waals surface area contributed by atoms with E-state index in [-0.39, 0.29) is 35.6 Å². The van der Waals surface area contributed by atoms with Gasteiger partial charge in [0.05, 0.1) is 34.7 Å². The number of carbonyl (C=O) groups excluding carboxylic acids is 2. The van der Waals surface area contributed by atoms with Crippen molar-refractivity contribution in [2.24, 2.45) is 0 Å². The number of halogens is 1. The largest absolute Gasteiger partial charge is 0.458 e. The number of benzene rings is 1. The van der Waals surface area contributed by atoms with Gasteiger partial charge in [-0.25, -0.2) is 9.78 Å². The lowest BCUT2D eigenvalue weighted by molar-refractivity contribution is -0.172. The van der Waals surface area contributed by atoms with Gasteiger partial charge >= 0.3 is 5.97 Å². The van der Waals surface area contributed by atoms with Crippen LogP contribution in [0.1, 0.15) is 37.0 Å². The molecule has 1 aromatic carbocycles. The van der Waals surface area contributed by atoms with Crippen molar-refractivity contribution in [3.8, 4) is 11.4 Å². The molecule has 0 saturated carbocycles. The van der Waals surface area contributed by atoms with Crippen LogP contribution < -0.4 is 10.9 Å². The standard InChI is InChI=1S/C22H18BrN3O5/c1-3-22(30)14-7-17-18-11(8-26(17)20(28)13(14)9-31-21(22)29)6-12-15(23)4-5-16(19(12)25-18)24-10(2)27/h4-7,30H,3,8-9H2,1-2H3,(H,24,27)/t22-/m0/s1. The Morgan fingerprint density at radius 1 is 1.35 bits per heavy atom. The van der Waals surface area contributed by atoms with Crippen LogP contribution in [0, 0.1) is 0 Å². The molecule has 0 radical (unpaired) electrons. The summed E-state index contributed by atoms with van der Waals surface area (Å²) in [5.41, 5.74) is 1.44. The number of hydrogen-bond donors (Lipinski definition) is 2. The van der Waals surface area contributed by atoms with Crippen LogP contribution in [0.3, 0.4) is 0 Å². The van der Waals surface area contributed by atoms with Crippen LogP contribution in [-0.2, 0) is 33.1 Å². The van der Waals surface area contributed by atoms with Crippen LogP contribution in [0.5, 0.6) is 0 Å². The number of ether oxygens (including phenoxy) is 1. The molecule has 0 fully saturated rings. The van der Waals surface area contributed by atoms with E-state index in [1.54, 1.807) is 23.6 Å². The Kier molecular flexibility index (Phi) is 4.32. The van der Waals surface area contributed by atoms with E-state index in [0.29, 0.717) is 29.1 Å². The zero-order valence-electron chi connectivity index (χ0n) is 16.8. The average molecular weight is 484 g/mol. The minimum absolute atomic E-state index is 0.0827. The molecule has 5 rings (SSSR count). The summed E-state index contributed by atoms with van der Waals surface area (Å²) in [5, 5.41) is 14.6. The highest BCUT2D eigenvalue weighted by Gasteiger charge is 2.45.